The Kier molecular flexibility index (Phi) is 6.04. The minimum atomic E-state index is -3.74. The lowest BCUT2D eigenvalue weighted by molar-refractivity contribution is 0.164. The van der Waals surface area contributed by atoms with E-state index in [0.717, 1.165) is 31.5 Å². The van der Waals surface area contributed by atoms with Crippen molar-refractivity contribution in [2.45, 2.75) is 30.2 Å². The average molecular weight is 369 g/mol. The molecule has 1 unspecified atom stereocenters. The largest absolute Gasteiger partial charge is 0.295 e. The summed E-state index contributed by atoms with van der Waals surface area (Å²) in [7, 11) is -3.74. The zero-order chi connectivity index (χ0) is 18.4. The third kappa shape index (κ3) is 4.31. The second-order valence-corrected chi connectivity index (χ2v) is 8.22. The van der Waals surface area contributed by atoms with Crippen LogP contribution in [-0.4, -0.2) is 33.0 Å². The fraction of sp³-hybridized carbons (Fsp3) is 0.350. The Morgan fingerprint density at radius 3 is 2.35 bits per heavy atom. The zero-order valence-corrected chi connectivity index (χ0v) is 15.5. The van der Waals surface area contributed by atoms with Crippen molar-refractivity contribution in [3.05, 3.63) is 65.7 Å². The molecule has 1 heterocycles. The molecular formula is C20H23N3O2S. The average Bonchev–Trinajstić information content (AvgIpc) is 2.69. The first kappa shape index (κ1) is 18.6. The number of benzene rings is 2. The van der Waals surface area contributed by atoms with Gasteiger partial charge in [0.25, 0.3) is 0 Å². The number of nitrogens with zero attached hydrogens (tertiary/aromatic N) is 2. The smallest absolute Gasteiger partial charge is 0.241 e. The van der Waals surface area contributed by atoms with Gasteiger partial charge in [0.1, 0.15) is 6.07 Å². The molecule has 5 nitrogen and oxygen atoms in total. The summed E-state index contributed by atoms with van der Waals surface area (Å²) in [6.07, 6.45) is 3.49. The van der Waals surface area contributed by atoms with Gasteiger partial charge in [-0.25, -0.2) is 13.1 Å². The molecule has 0 aliphatic carbocycles. The van der Waals surface area contributed by atoms with E-state index in [0.29, 0.717) is 0 Å². The number of rotatable bonds is 6. The van der Waals surface area contributed by atoms with Crippen molar-refractivity contribution >= 4 is 10.0 Å². The number of hydrogen-bond donors (Lipinski definition) is 1. The van der Waals surface area contributed by atoms with E-state index in [9.17, 15) is 13.7 Å². The Bertz CT molecular complexity index is 869. The maximum atomic E-state index is 12.7. The van der Waals surface area contributed by atoms with Crippen LogP contribution >= 0.6 is 0 Å². The summed E-state index contributed by atoms with van der Waals surface area (Å²) >= 11 is 0. The van der Waals surface area contributed by atoms with Gasteiger partial charge in [0.2, 0.25) is 10.0 Å². The van der Waals surface area contributed by atoms with Crippen molar-refractivity contribution in [2.75, 3.05) is 19.6 Å². The van der Waals surface area contributed by atoms with E-state index in [1.807, 2.05) is 36.4 Å². The maximum absolute atomic E-state index is 12.7. The van der Waals surface area contributed by atoms with E-state index in [1.54, 1.807) is 12.1 Å². The molecule has 6 heteroatoms. The highest BCUT2D eigenvalue weighted by atomic mass is 32.2. The van der Waals surface area contributed by atoms with E-state index in [2.05, 4.69) is 9.62 Å². The summed E-state index contributed by atoms with van der Waals surface area (Å²) < 4.78 is 28.2. The first-order valence-corrected chi connectivity index (χ1v) is 10.4. The van der Waals surface area contributed by atoms with Gasteiger partial charge in [-0.3, -0.25) is 4.90 Å². The van der Waals surface area contributed by atoms with Crippen molar-refractivity contribution in [3.8, 4) is 6.07 Å². The van der Waals surface area contributed by atoms with Crippen molar-refractivity contribution in [3.63, 3.8) is 0 Å². The number of likely N-dealkylation sites (tertiary alicyclic amines) is 1. The highest BCUT2D eigenvalue weighted by molar-refractivity contribution is 7.89. The van der Waals surface area contributed by atoms with Crippen LogP contribution in [0.4, 0.5) is 0 Å². The van der Waals surface area contributed by atoms with Gasteiger partial charge >= 0.3 is 0 Å². The Balaban J connectivity index is 1.82. The molecule has 3 rings (SSSR count). The Morgan fingerprint density at radius 2 is 1.65 bits per heavy atom. The van der Waals surface area contributed by atoms with Crippen LogP contribution in [0.1, 0.15) is 36.4 Å². The van der Waals surface area contributed by atoms with Gasteiger partial charge < -0.3 is 0 Å². The molecular weight excluding hydrogens is 346 g/mol. The molecule has 1 atom stereocenters. The minimum Gasteiger partial charge on any atom is -0.295 e. The zero-order valence-electron chi connectivity index (χ0n) is 14.6. The van der Waals surface area contributed by atoms with E-state index >= 15 is 0 Å². The van der Waals surface area contributed by atoms with Crippen molar-refractivity contribution in [1.29, 1.82) is 5.26 Å². The molecule has 1 N–H and O–H groups in total. The molecule has 26 heavy (non-hydrogen) atoms. The Morgan fingerprint density at radius 1 is 1.00 bits per heavy atom. The summed E-state index contributed by atoms with van der Waals surface area (Å²) in [5.74, 6) is 0. The molecule has 1 aliphatic heterocycles. The summed E-state index contributed by atoms with van der Waals surface area (Å²) in [5, 5.41) is 9.19. The fourth-order valence-corrected chi connectivity index (χ4v) is 4.62. The van der Waals surface area contributed by atoms with Crippen LogP contribution in [0, 0.1) is 11.3 Å². The lowest BCUT2D eigenvalue weighted by Gasteiger charge is -2.35. The van der Waals surface area contributed by atoms with E-state index in [-0.39, 0.29) is 23.0 Å². The highest BCUT2D eigenvalue weighted by Crippen LogP contribution is 2.25. The molecule has 2 aromatic carbocycles. The van der Waals surface area contributed by atoms with Crippen LogP contribution in [0.25, 0.3) is 0 Å². The lowest BCUT2D eigenvalue weighted by atomic mass is 10.0. The number of nitriles is 1. The van der Waals surface area contributed by atoms with Gasteiger partial charge in [-0.2, -0.15) is 5.26 Å². The molecule has 1 aliphatic rings. The van der Waals surface area contributed by atoms with Gasteiger partial charge in [-0.1, -0.05) is 48.9 Å². The van der Waals surface area contributed by atoms with Gasteiger partial charge in [-0.05, 0) is 43.6 Å². The molecule has 2 aromatic rings. The second-order valence-electron chi connectivity index (χ2n) is 6.48. The third-order valence-corrected chi connectivity index (χ3v) is 6.26. The highest BCUT2D eigenvalue weighted by Gasteiger charge is 2.25. The van der Waals surface area contributed by atoms with E-state index in [1.165, 1.54) is 18.6 Å². The van der Waals surface area contributed by atoms with Crippen LogP contribution in [0.15, 0.2) is 59.5 Å². The molecule has 0 spiro atoms. The minimum absolute atomic E-state index is 0.0134. The molecule has 136 valence electrons. The van der Waals surface area contributed by atoms with E-state index in [4.69, 9.17) is 0 Å². The van der Waals surface area contributed by atoms with Crippen LogP contribution in [0.3, 0.4) is 0 Å². The van der Waals surface area contributed by atoms with Crippen molar-refractivity contribution < 1.29 is 8.42 Å². The topological polar surface area (TPSA) is 73.2 Å². The monoisotopic (exact) mass is 369 g/mol. The number of piperidine rings is 1. The SMILES string of the molecule is N#Cc1ccccc1S(=O)(=O)NCC(c1ccccc1)N1CCCCC1. The second kappa shape index (κ2) is 8.45. The van der Waals surface area contributed by atoms with Crippen molar-refractivity contribution in [1.82, 2.24) is 9.62 Å². The predicted octanol–water partition coefficient (Wildman–Crippen LogP) is 3.06. The van der Waals surface area contributed by atoms with Gasteiger partial charge in [0, 0.05) is 12.6 Å². The molecule has 1 saturated heterocycles. The Hall–Kier alpha value is -2.20. The molecule has 0 aromatic heterocycles. The first-order chi connectivity index (χ1) is 12.6. The van der Waals surface area contributed by atoms with E-state index < -0.39 is 10.0 Å². The van der Waals surface area contributed by atoms with Gasteiger partial charge in [0.15, 0.2) is 0 Å². The summed E-state index contributed by atoms with van der Waals surface area (Å²) in [5.41, 5.74) is 1.26. The van der Waals surface area contributed by atoms with Crippen molar-refractivity contribution in [2.24, 2.45) is 0 Å². The standard InChI is InChI=1S/C20H23N3O2S/c21-15-18-11-5-6-12-20(18)26(24,25)22-16-19(17-9-3-1-4-10-17)23-13-7-2-8-14-23/h1,3-6,9-12,19,22H,2,7-8,13-14,16H2. The summed E-state index contributed by atoms with van der Waals surface area (Å²) in [6, 6.07) is 18.2. The first-order valence-electron chi connectivity index (χ1n) is 8.89. The molecule has 0 radical (unpaired) electrons. The van der Waals surface area contributed by atoms with Crippen LogP contribution in [0.2, 0.25) is 0 Å². The van der Waals surface area contributed by atoms with Gasteiger partial charge in [0.05, 0.1) is 10.5 Å². The van der Waals surface area contributed by atoms with Crippen LogP contribution in [0.5, 0.6) is 0 Å². The molecule has 0 amide bonds. The predicted molar refractivity (Wildman–Crippen MR) is 101 cm³/mol. The quantitative estimate of drug-likeness (QED) is 0.849. The third-order valence-electron chi connectivity index (χ3n) is 4.78. The summed E-state index contributed by atoms with van der Waals surface area (Å²) in [6.45, 7) is 2.22. The number of hydrogen-bond acceptors (Lipinski definition) is 4. The Labute approximate surface area is 155 Å². The number of nitrogens with one attached hydrogen (secondary N) is 1. The molecule has 0 bridgehead atoms. The summed E-state index contributed by atoms with van der Waals surface area (Å²) in [4.78, 5) is 2.38. The van der Waals surface area contributed by atoms with Crippen LogP contribution in [-0.2, 0) is 10.0 Å². The maximum Gasteiger partial charge on any atom is 0.241 e. The normalized spacial score (nSPS) is 16.7. The molecule has 0 saturated carbocycles. The molecule has 1 fully saturated rings. The number of sulfonamides is 1. The fourth-order valence-electron chi connectivity index (χ4n) is 3.42. The van der Waals surface area contributed by atoms with Crippen LogP contribution < -0.4 is 4.72 Å². The lowest BCUT2D eigenvalue weighted by Crippen LogP contribution is -2.40. The van der Waals surface area contributed by atoms with Gasteiger partial charge in [-0.15, -0.1) is 0 Å².